The number of esters is 1. The van der Waals surface area contributed by atoms with Crippen molar-refractivity contribution in [3.63, 3.8) is 0 Å². The molecule has 26 heavy (non-hydrogen) atoms. The van der Waals surface area contributed by atoms with Crippen LogP contribution < -0.4 is 10.5 Å². The molecule has 0 radical (unpaired) electrons. The molecule has 1 unspecified atom stereocenters. The topological polar surface area (TPSA) is 77.7 Å². The van der Waals surface area contributed by atoms with Crippen LogP contribution in [0.25, 0.3) is 10.6 Å². The van der Waals surface area contributed by atoms with Gasteiger partial charge in [-0.3, -0.25) is 4.79 Å². The van der Waals surface area contributed by atoms with E-state index >= 15 is 0 Å². The van der Waals surface area contributed by atoms with Crippen LogP contribution in [-0.4, -0.2) is 49.2 Å². The molecule has 6 nitrogen and oxygen atoms in total. The van der Waals surface area contributed by atoms with E-state index in [0.717, 1.165) is 53.7 Å². The number of carbonyl (C=O) groups excluding carboxylic acids is 1. The van der Waals surface area contributed by atoms with E-state index in [1.165, 1.54) is 7.11 Å². The van der Waals surface area contributed by atoms with Crippen LogP contribution in [0, 0.1) is 5.92 Å². The number of ether oxygens (including phenoxy) is 2. The van der Waals surface area contributed by atoms with Crippen molar-refractivity contribution in [2.45, 2.75) is 19.4 Å². The van der Waals surface area contributed by atoms with Gasteiger partial charge in [-0.05, 0) is 43.7 Å². The monoisotopic (exact) mass is 375 g/mol. The zero-order valence-corrected chi connectivity index (χ0v) is 15.8. The van der Waals surface area contributed by atoms with E-state index in [1.807, 2.05) is 30.5 Å². The van der Waals surface area contributed by atoms with Gasteiger partial charge < -0.3 is 20.1 Å². The summed E-state index contributed by atoms with van der Waals surface area (Å²) in [6, 6.07) is 8.00. The van der Waals surface area contributed by atoms with Crippen molar-refractivity contribution in [3.8, 4) is 16.3 Å². The largest absolute Gasteiger partial charge is 0.494 e. The van der Waals surface area contributed by atoms with Crippen molar-refractivity contribution in [1.29, 1.82) is 0 Å². The van der Waals surface area contributed by atoms with Crippen LogP contribution in [0.5, 0.6) is 5.75 Å². The van der Waals surface area contributed by atoms with Gasteiger partial charge in [-0.2, -0.15) is 0 Å². The highest BCUT2D eigenvalue weighted by molar-refractivity contribution is 7.15. The molecule has 2 heterocycles. The third-order valence-corrected chi connectivity index (χ3v) is 5.62. The molecular weight excluding hydrogens is 350 g/mol. The average molecular weight is 375 g/mol. The Morgan fingerprint density at radius 3 is 2.88 bits per heavy atom. The maximum Gasteiger partial charge on any atom is 0.310 e. The van der Waals surface area contributed by atoms with Crippen LogP contribution in [0.4, 0.5) is 0 Å². The van der Waals surface area contributed by atoms with E-state index in [9.17, 15) is 4.79 Å². The first-order valence-corrected chi connectivity index (χ1v) is 9.69. The molecular formula is C19H25N3O3S. The Kier molecular flexibility index (Phi) is 6.60. The first-order chi connectivity index (χ1) is 12.7. The van der Waals surface area contributed by atoms with Gasteiger partial charge in [0.25, 0.3) is 0 Å². The number of nitrogens with two attached hydrogens (primary N) is 1. The van der Waals surface area contributed by atoms with E-state index in [-0.39, 0.29) is 11.9 Å². The number of hydrogen-bond donors (Lipinski definition) is 1. The summed E-state index contributed by atoms with van der Waals surface area (Å²) in [6.45, 7) is 3.86. The van der Waals surface area contributed by atoms with Crippen molar-refractivity contribution in [1.82, 2.24) is 9.88 Å². The highest BCUT2D eigenvalue weighted by Gasteiger charge is 2.28. The summed E-state index contributed by atoms with van der Waals surface area (Å²) in [5, 5.41) is 0.978. The summed E-state index contributed by atoms with van der Waals surface area (Å²) in [6.07, 6.45) is 3.65. The van der Waals surface area contributed by atoms with Crippen LogP contribution in [0.2, 0.25) is 0 Å². The first-order valence-electron chi connectivity index (χ1n) is 8.88. The lowest BCUT2D eigenvalue weighted by Crippen LogP contribution is -2.25. The van der Waals surface area contributed by atoms with Crippen molar-refractivity contribution >= 4 is 17.3 Å². The van der Waals surface area contributed by atoms with Gasteiger partial charge in [0.15, 0.2) is 0 Å². The predicted octanol–water partition coefficient (Wildman–Crippen LogP) is 2.53. The van der Waals surface area contributed by atoms with Crippen molar-refractivity contribution in [2.24, 2.45) is 11.7 Å². The number of rotatable bonds is 8. The van der Waals surface area contributed by atoms with Gasteiger partial charge in [0.2, 0.25) is 0 Å². The summed E-state index contributed by atoms with van der Waals surface area (Å²) in [5.74, 6) is 0.792. The maximum atomic E-state index is 11.5. The normalized spacial score (nSPS) is 17.4. The number of nitrogens with zero attached hydrogens (tertiary/aromatic N) is 2. The van der Waals surface area contributed by atoms with E-state index in [1.54, 1.807) is 11.3 Å². The van der Waals surface area contributed by atoms with Gasteiger partial charge in [0, 0.05) is 36.3 Å². The highest BCUT2D eigenvalue weighted by atomic mass is 32.1. The van der Waals surface area contributed by atoms with E-state index in [0.29, 0.717) is 13.2 Å². The molecule has 1 saturated heterocycles. The third-order valence-electron chi connectivity index (χ3n) is 4.55. The summed E-state index contributed by atoms with van der Waals surface area (Å²) >= 11 is 1.62. The molecule has 0 aliphatic carbocycles. The Morgan fingerprint density at radius 2 is 2.19 bits per heavy atom. The molecule has 0 saturated carbocycles. The second-order valence-electron chi connectivity index (χ2n) is 6.37. The fraction of sp³-hybridized carbons (Fsp3) is 0.474. The van der Waals surface area contributed by atoms with Gasteiger partial charge in [-0.25, -0.2) is 4.98 Å². The Labute approximate surface area is 157 Å². The second kappa shape index (κ2) is 9.12. The van der Waals surface area contributed by atoms with E-state index < -0.39 is 0 Å². The summed E-state index contributed by atoms with van der Waals surface area (Å²) in [7, 11) is 1.45. The van der Waals surface area contributed by atoms with Crippen LogP contribution in [0.15, 0.2) is 30.5 Å². The molecule has 140 valence electrons. The fourth-order valence-corrected chi connectivity index (χ4v) is 3.90. The number of hydrogen-bond acceptors (Lipinski definition) is 7. The Balaban J connectivity index is 1.39. The molecule has 1 aliphatic rings. The number of methoxy groups -OCH3 is 1. The van der Waals surface area contributed by atoms with E-state index in [4.69, 9.17) is 15.2 Å². The minimum absolute atomic E-state index is 0.0270. The van der Waals surface area contributed by atoms with Crippen molar-refractivity contribution < 1.29 is 14.3 Å². The molecule has 7 heteroatoms. The van der Waals surface area contributed by atoms with Crippen LogP contribution in [0.1, 0.15) is 17.7 Å². The van der Waals surface area contributed by atoms with Crippen LogP contribution in [0.3, 0.4) is 0 Å². The van der Waals surface area contributed by atoms with Gasteiger partial charge in [-0.1, -0.05) is 0 Å². The first kappa shape index (κ1) is 18.8. The summed E-state index contributed by atoms with van der Waals surface area (Å²) < 4.78 is 10.6. The molecule has 3 rings (SSSR count). The number of aromatic nitrogens is 1. The van der Waals surface area contributed by atoms with E-state index in [2.05, 4.69) is 9.88 Å². The molecule has 1 aliphatic heterocycles. The SMILES string of the molecule is COC(=O)C1CCN(CCCOc2ccc(-c3ncc(CN)s3)cc2)C1. The molecule has 1 aromatic carbocycles. The smallest absolute Gasteiger partial charge is 0.310 e. The highest BCUT2D eigenvalue weighted by Crippen LogP contribution is 2.26. The fourth-order valence-electron chi connectivity index (χ4n) is 3.10. The minimum atomic E-state index is -0.0948. The minimum Gasteiger partial charge on any atom is -0.494 e. The molecule has 1 atom stereocenters. The van der Waals surface area contributed by atoms with Crippen LogP contribution >= 0.6 is 11.3 Å². The van der Waals surface area contributed by atoms with Gasteiger partial charge >= 0.3 is 5.97 Å². The van der Waals surface area contributed by atoms with Crippen molar-refractivity contribution in [2.75, 3.05) is 33.4 Å². The van der Waals surface area contributed by atoms with Crippen molar-refractivity contribution in [3.05, 3.63) is 35.3 Å². The van der Waals surface area contributed by atoms with Gasteiger partial charge in [0.1, 0.15) is 10.8 Å². The average Bonchev–Trinajstić information content (AvgIpc) is 3.34. The number of benzene rings is 1. The summed E-state index contributed by atoms with van der Waals surface area (Å²) in [5.41, 5.74) is 6.71. The molecule has 0 bridgehead atoms. The van der Waals surface area contributed by atoms with Crippen LogP contribution in [-0.2, 0) is 16.1 Å². The van der Waals surface area contributed by atoms with Gasteiger partial charge in [0.05, 0.1) is 19.6 Å². The standard InChI is InChI=1S/C19H25N3O3S/c1-24-19(23)15-7-9-22(13-15)8-2-10-25-16-5-3-14(4-6-16)18-21-12-17(11-20)26-18/h3-6,12,15H,2,7-11,13,20H2,1H3. The Bertz CT molecular complexity index is 717. The molecule has 0 amide bonds. The third kappa shape index (κ3) is 4.81. The predicted molar refractivity (Wildman–Crippen MR) is 102 cm³/mol. The zero-order chi connectivity index (χ0) is 18.4. The molecule has 2 N–H and O–H groups in total. The molecule has 1 fully saturated rings. The lowest BCUT2D eigenvalue weighted by molar-refractivity contribution is -0.144. The Hall–Kier alpha value is -1.96. The second-order valence-corrected chi connectivity index (χ2v) is 7.49. The number of likely N-dealkylation sites (tertiary alicyclic amines) is 1. The number of carbonyl (C=O) groups is 1. The molecule has 0 spiro atoms. The van der Waals surface area contributed by atoms with Gasteiger partial charge in [-0.15, -0.1) is 11.3 Å². The maximum absolute atomic E-state index is 11.5. The quantitative estimate of drug-likeness (QED) is 0.564. The summed E-state index contributed by atoms with van der Waals surface area (Å²) in [4.78, 5) is 19.3. The molecule has 1 aromatic heterocycles. The zero-order valence-electron chi connectivity index (χ0n) is 15.0. The number of thiazole rings is 1. The lowest BCUT2D eigenvalue weighted by atomic mass is 10.1. The molecule has 2 aromatic rings. The lowest BCUT2D eigenvalue weighted by Gasteiger charge is -2.15. The Morgan fingerprint density at radius 1 is 1.38 bits per heavy atom.